The molecule has 1 saturated heterocycles. The molecule has 10 nitrogen and oxygen atoms in total. The number of hydrogen-bond donors (Lipinski definition) is 1. The lowest BCUT2D eigenvalue weighted by Gasteiger charge is -2.28. The van der Waals surface area contributed by atoms with Crippen molar-refractivity contribution in [1.29, 1.82) is 0 Å². The lowest BCUT2D eigenvalue weighted by Crippen LogP contribution is -2.36. The van der Waals surface area contributed by atoms with Gasteiger partial charge < -0.3 is 19.9 Å². The van der Waals surface area contributed by atoms with Crippen LogP contribution in [0.5, 0.6) is 0 Å². The van der Waals surface area contributed by atoms with E-state index in [1.165, 1.54) is 11.3 Å². The number of thiophene rings is 1. The summed E-state index contributed by atoms with van der Waals surface area (Å²) in [5.74, 6) is 2.82. The third kappa shape index (κ3) is 3.77. The first kappa shape index (κ1) is 19.7. The molecule has 164 valence electrons. The van der Waals surface area contributed by atoms with Gasteiger partial charge in [-0.15, -0.1) is 11.3 Å². The van der Waals surface area contributed by atoms with Gasteiger partial charge in [0.05, 0.1) is 28.3 Å². The molecule has 0 spiro atoms. The van der Waals surface area contributed by atoms with Crippen LogP contribution in [-0.4, -0.2) is 56.4 Å². The van der Waals surface area contributed by atoms with Crippen molar-refractivity contribution in [3.8, 4) is 33.5 Å². The fourth-order valence-corrected chi connectivity index (χ4v) is 4.65. The molecule has 0 aromatic carbocycles. The summed E-state index contributed by atoms with van der Waals surface area (Å²) in [5, 5.41) is 4.12. The molecule has 1 aliphatic heterocycles. The first-order valence-corrected chi connectivity index (χ1v) is 11.2. The summed E-state index contributed by atoms with van der Waals surface area (Å²) in [4.78, 5) is 25.6. The van der Waals surface area contributed by atoms with Gasteiger partial charge >= 0.3 is 0 Å². The normalized spacial score (nSPS) is 14.1. The minimum atomic E-state index is 0.431. The largest absolute Gasteiger partial charge is 0.384 e. The maximum atomic E-state index is 5.75. The molecule has 6 rings (SSSR count). The van der Waals surface area contributed by atoms with Gasteiger partial charge in [0.15, 0.2) is 11.6 Å². The van der Waals surface area contributed by atoms with Gasteiger partial charge in [-0.2, -0.15) is 4.98 Å². The highest BCUT2D eigenvalue weighted by Crippen LogP contribution is 2.38. The highest BCUT2D eigenvalue weighted by Gasteiger charge is 2.22. The number of nitrogen functional groups attached to an aromatic ring is 1. The van der Waals surface area contributed by atoms with Crippen LogP contribution in [0, 0.1) is 0 Å². The summed E-state index contributed by atoms with van der Waals surface area (Å²) in [6.07, 6.45) is 5.09. The number of rotatable bonds is 4. The highest BCUT2D eigenvalue weighted by atomic mass is 32.1. The smallest absolute Gasteiger partial charge is 0.268 e. The molecule has 0 atom stereocenters. The predicted octanol–water partition coefficient (Wildman–Crippen LogP) is 3.28. The number of anilines is 2. The van der Waals surface area contributed by atoms with Crippen molar-refractivity contribution in [2.24, 2.45) is 0 Å². The molecular formula is C22H18N8O2S. The van der Waals surface area contributed by atoms with Gasteiger partial charge in [0.25, 0.3) is 5.89 Å². The molecule has 6 heterocycles. The maximum Gasteiger partial charge on any atom is 0.268 e. The zero-order valence-corrected chi connectivity index (χ0v) is 18.2. The summed E-state index contributed by atoms with van der Waals surface area (Å²) in [7, 11) is 0. The Kier molecular flexibility index (Phi) is 4.89. The summed E-state index contributed by atoms with van der Waals surface area (Å²) < 4.78 is 12.1. The maximum absolute atomic E-state index is 5.75. The van der Waals surface area contributed by atoms with Crippen molar-refractivity contribution in [2.75, 3.05) is 36.9 Å². The molecular weight excluding hydrogens is 440 g/mol. The van der Waals surface area contributed by atoms with Gasteiger partial charge in [-0.25, -0.2) is 15.0 Å². The zero-order valence-electron chi connectivity index (χ0n) is 17.4. The van der Waals surface area contributed by atoms with E-state index in [0.717, 1.165) is 45.1 Å². The van der Waals surface area contributed by atoms with E-state index in [1.807, 2.05) is 24.3 Å². The topological polar surface area (TPSA) is 129 Å². The Morgan fingerprint density at radius 2 is 1.85 bits per heavy atom. The van der Waals surface area contributed by atoms with Crippen LogP contribution < -0.4 is 10.6 Å². The van der Waals surface area contributed by atoms with Crippen molar-refractivity contribution in [3.63, 3.8) is 0 Å². The minimum absolute atomic E-state index is 0.431. The Bertz CT molecular complexity index is 1410. The standard InChI is InChI=1S/C22H18N8O2S/c23-17-4-3-14(12-25-17)19-26-15-10-16(22-28-20(29-32-22)13-2-1-5-24-11-13)33-18(15)21(27-19)30-6-8-31-9-7-30/h1-5,10-12H,6-9H2,(H2,23,25). The second-order valence-corrected chi connectivity index (χ2v) is 8.48. The summed E-state index contributed by atoms with van der Waals surface area (Å²) in [6.45, 7) is 2.82. The average molecular weight is 459 g/mol. The molecule has 0 saturated carbocycles. The Labute approximate surface area is 192 Å². The second-order valence-electron chi connectivity index (χ2n) is 7.43. The molecule has 11 heteroatoms. The third-order valence-electron chi connectivity index (χ3n) is 5.27. The van der Waals surface area contributed by atoms with E-state index >= 15 is 0 Å². The number of nitrogens with zero attached hydrogens (tertiary/aromatic N) is 7. The van der Waals surface area contributed by atoms with Crippen LogP contribution in [0.15, 0.2) is 53.4 Å². The lowest BCUT2D eigenvalue weighted by molar-refractivity contribution is 0.122. The van der Waals surface area contributed by atoms with Gasteiger partial charge in [0.1, 0.15) is 5.82 Å². The van der Waals surface area contributed by atoms with Crippen LogP contribution in [0.25, 0.3) is 43.8 Å². The first-order chi connectivity index (χ1) is 16.2. The van der Waals surface area contributed by atoms with Crippen molar-refractivity contribution in [3.05, 3.63) is 48.9 Å². The predicted molar refractivity (Wildman–Crippen MR) is 125 cm³/mol. The number of fused-ring (bicyclic) bond motifs is 1. The number of hydrogen-bond acceptors (Lipinski definition) is 11. The monoisotopic (exact) mass is 458 g/mol. The van der Waals surface area contributed by atoms with Crippen LogP contribution >= 0.6 is 11.3 Å². The lowest BCUT2D eigenvalue weighted by atomic mass is 10.2. The molecule has 1 aliphatic rings. The molecule has 0 aliphatic carbocycles. The van der Waals surface area contributed by atoms with Gasteiger partial charge in [-0.05, 0) is 30.3 Å². The van der Waals surface area contributed by atoms with Crippen molar-refractivity contribution >= 4 is 33.2 Å². The number of nitrogens with two attached hydrogens (primary N) is 1. The Balaban J connectivity index is 1.46. The first-order valence-electron chi connectivity index (χ1n) is 10.4. The Morgan fingerprint density at radius 1 is 0.970 bits per heavy atom. The number of ether oxygens (including phenoxy) is 1. The van der Waals surface area contributed by atoms with Crippen LogP contribution in [0.4, 0.5) is 11.6 Å². The average Bonchev–Trinajstić information content (AvgIpc) is 3.52. The van der Waals surface area contributed by atoms with Gasteiger partial charge in [-0.1, -0.05) is 5.16 Å². The van der Waals surface area contributed by atoms with Crippen molar-refractivity contribution in [2.45, 2.75) is 0 Å². The molecule has 0 radical (unpaired) electrons. The van der Waals surface area contributed by atoms with E-state index in [4.69, 9.17) is 25.0 Å². The fraction of sp³-hybridized carbons (Fsp3) is 0.182. The molecule has 2 N–H and O–H groups in total. The van der Waals surface area contributed by atoms with Crippen LogP contribution in [0.3, 0.4) is 0 Å². The molecule has 5 aromatic heterocycles. The summed E-state index contributed by atoms with van der Waals surface area (Å²) in [5.41, 5.74) is 8.15. The molecule has 0 unspecified atom stereocenters. The van der Waals surface area contributed by atoms with Crippen molar-refractivity contribution in [1.82, 2.24) is 30.1 Å². The second kappa shape index (κ2) is 8.19. The van der Waals surface area contributed by atoms with Gasteiger partial charge in [-0.3, -0.25) is 4.98 Å². The van der Waals surface area contributed by atoms with Gasteiger partial charge in [0.2, 0.25) is 5.82 Å². The highest BCUT2D eigenvalue weighted by molar-refractivity contribution is 7.22. The number of pyridine rings is 2. The minimum Gasteiger partial charge on any atom is -0.384 e. The molecule has 1 fully saturated rings. The summed E-state index contributed by atoms with van der Waals surface area (Å²) in [6, 6.07) is 9.30. The van der Waals surface area contributed by atoms with Crippen LogP contribution in [-0.2, 0) is 4.74 Å². The SMILES string of the molecule is Nc1ccc(-c2nc(N3CCOCC3)c3sc(-c4nc(-c5cccnc5)no4)cc3n2)cn1. The Morgan fingerprint density at radius 3 is 2.64 bits per heavy atom. The summed E-state index contributed by atoms with van der Waals surface area (Å²) >= 11 is 1.53. The molecule has 33 heavy (non-hydrogen) atoms. The molecule has 0 bridgehead atoms. The number of aromatic nitrogens is 6. The van der Waals surface area contributed by atoms with Crippen LogP contribution in [0.1, 0.15) is 0 Å². The van der Waals surface area contributed by atoms with E-state index < -0.39 is 0 Å². The van der Waals surface area contributed by atoms with Crippen molar-refractivity contribution < 1.29 is 9.26 Å². The van der Waals surface area contributed by atoms with E-state index in [0.29, 0.717) is 36.6 Å². The van der Waals surface area contributed by atoms with Crippen LogP contribution in [0.2, 0.25) is 0 Å². The quantitative estimate of drug-likeness (QED) is 0.428. The van der Waals surface area contributed by atoms with E-state index in [-0.39, 0.29) is 0 Å². The van der Waals surface area contributed by atoms with E-state index in [9.17, 15) is 0 Å². The number of morpholine rings is 1. The van der Waals surface area contributed by atoms with Gasteiger partial charge in [0, 0.05) is 42.8 Å². The van der Waals surface area contributed by atoms with E-state index in [1.54, 1.807) is 24.7 Å². The Hall–Kier alpha value is -3.96. The molecule has 0 amide bonds. The third-order valence-corrected chi connectivity index (χ3v) is 6.37. The zero-order chi connectivity index (χ0) is 22.2. The molecule has 5 aromatic rings. The van der Waals surface area contributed by atoms with E-state index in [2.05, 4.69) is 25.0 Å². The fourth-order valence-electron chi connectivity index (χ4n) is 3.61.